The van der Waals surface area contributed by atoms with E-state index in [0.717, 1.165) is 11.1 Å². The van der Waals surface area contributed by atoms with E-state index in [0.29, 0.717) is 25.6 Å². The summed E-state index contributed by atoms with van der Waals surface area (Å²) in [6.45, 7) is 10.2. The first-order valence-corrected chi connectivity index (χ1v) is 12.3. The van der Waals surface area contributed by atoms with Crippen LogP contribution in [0.2, 0.25) is 5.02 Å². The predicted octanol–water partition coefficient (Wildman–Crippen LogP) is 4.75. The molecule has 0 bridgehead atoms. The van der Waals surface area contributed by atoms with E-state index in [4.69, 9.17) is 16.3 Å². The zero-order valence-electron chi connectivity index (χ0n) is 19.9. The second kappa shape index (κ2) is 9.35. The molecule has 2 heterocycles. The number of halogens is 1. The molecule has 7 heteroatoms. The quantitative estimate of drug-likeness (QED) is 0.492. The van der Waals surface area contributed by atoms with E-state index in [1.54, 1.807) is 30.5 Å². The van der Waals surface area contributed by atoms with Crippen LogP contribution in [0.1, 0.15) is 57.4 Å². The number of carbonyl (C=O) groups excluding carboxylic acids is 1. The Morgan fingerprint density at radius 2 is 1.79 bits per heavy atom. The minimum absolute atomic E-state index is 0.0127. The van der Waals surface area contributed by atoms with Crippen LogP contribution in [-0.2, 0) is 14.9 Å². The van der Waals surface area contributed by atoms with E-state index in [9.17, 15) is 9.59 Å². The lowest BCUT2D eigenvalue weighted by Crippen LogP contribution is -2.40. The van der Waals surface area contributed by atoms with Gasteiger partial charge in [-0.1, -0.05) is 80.1 Å². The van der Waals surface area contributed by atoms with Crippen molar-refractivity contribution in [2.24, 2.45) is 4.99 Å². The summed E-state index contributed by atoms with van der Waals surface area (Å²) in [4.78, 5) is 31.8. The van der Waals surface area contributed by atoms with Gasteiger partial charge in [0.1, 0.15) is 0 Å². The number of thiazole rings is 1. The Bertz CT molecular complexity index is 1440. The number of fused-ring (bicyclic) bond motifs is 1. The second-order valence-corrected chi connectivity index (χ2v) is 10.7. The van der Waals surface area contributed by atoms with Crippen molar-refractivity contribution in [2.75, 3.05) is 6.61 Å². The van der Waals surface area contributed by atoms with Gasteiger partial charge in [-0.15, -0.1) is 0 Å². The molecular formula is C27H27ClN2O3S. The fourth-order valence-corrected chi connectivity index (χ4v) is 5.16. The molecule has 0 fully saturated rings. The number of aromatic nitrogens is 1. The van der Waals surface area contributed by atoms with Crippen LogP contribution in [0.5, 0.6) is 0 Å². The highest BCUT2D eigenvalue weighted by atomic mass is 35.5. The van der Waals surface area contributed by atoms with Crippen molar-refractivity contribution < 1.29 is 9.53 Å². The maximum absolute atomic E-state index is 13.6. The number of esters is 1. The molecule has 0 saturated carbocycles. The standard InChI is InChI=1S/C27H27ClN2O3S/c1-6-33-25(32)22-16(2)29-26-30(23(22)18-9-11-19(12-10-18)27(3,4)5)24(31)21(34-26)15-17-7-13-20(28)14-8-17/h7-15,23H,6H2,1-5H3/b21-15+/t23-/m0/s1. The minimum Gasteiger partial charge on any atom is -0.463 e. The van der Waals surface area contributed by atoms with Gasteiger partial charge in [0.25, 0.3) is 5.56 Å². The van der Waals surface area contributed by atoms with E-state index < -0.39 is 12.0 Å². The highest BCUT2D eigenvalue weighted by Crippen LogP contribution is 2.32. The van der Waals surface area contributed by atoms with E-state index in [2.05, 4.69) is 37.9 Å². The maximum atomic E-state index is 13.6. The van der Waals surface area contributed by atoms with E-state index >= 15 is 0 Å². The number of hydrogen-bond donors (Lipinski definition) is 0. The molecule has 0 radical (unpaired) electrons. The number of hydrogen-bond acceptors (Lipinski definition) is 5. The van der Waals surface area contributed by atoms with E-state index in [1.165, 1.54) is 16.9 Å². The molecule has 1 atom stereocenters. The summed E-state index contributed by atoms with van der Waals surface area (Å²) in [6, 6.07) is 14.8. The molecule has 1 aliphatic rings. The van der Waals surface area contributed by atoms with E-state index in [-0.39, 0.29) is 17.6 Å². The summed E-state index contributed by atoms with van der Waals surface area (Å²) in [5, 5.41) is 0.631. The van der Waals surface area contributed by atoms with Crippen molar-refractivity contribution in [1.82, 2.24) is 4.57 Å². The monoisotopic (exact) mass is 494 g/mol. The van der Waals surface area contributed by atoms with Gasteiger partial charge in [0.05, 0.1) is 28.5 Å². The molecule has 0 aliphatic carbocycles. The van der Waals surface area contributed by atoms with Gasteiger partial charge < -0.3 is 4.74 Å². The first-order chi connectivity index (χ1) is 16.1. The highest BCUT2D eigenvalue weighted by Gasteiger charge is 2.33. The van der Waals surface area contributed by atoms with Gasteiger partial charge in [-0.25, -0.2) is 9.79 Å². The van der Waals surface area contributed by atoms with Gasteiger partial charge in [-0.05, 0) is 54.2 Å². The minimum atomic E-state index is -0.614. The number of rotatable bonds is 4. The van der Waals surface area contributed by atoms with Gasteiger partial charge >= 0.3 is 5.97 Å². The average Bonchev–Trinajstić information content (AvgIpc) is 3.08. The third kappa shape index (κ3) is 4.65. The summed E-state index contributed by atoms with van der Waals surface area (Å²) in [7, 11) is 0. The van der Waals surface area contributed by atoms with Crippen molar-refractivity contribution in [3.05, 3.63) is 101 Å². The molecule has 176 valence electrons. The fourth-order valence-electron chi connectivity index (χ4n) is 3.98. The lowest BCUT2D eigenvalue weighted by Gasteiger charge is -2.26. The van der Waals surface area contributed by atoms with Crippen LogP contribution in [0.25, 0.3) is 6.08 Å². The Hall–Kier alpha value is -2.96. The summed E-state index contributed by atoms with van der Waals surface area (Å²) in [5.41, 5.74) is 3.61. The highest BCUT2D eigenvalue weighted by molar-refractivity contribution is 7.07. The smallest absolute Gasteiger partial charge is 0.338 e. The second-order valence-electron chi connectivity index (χ2n) is 9.23. The normalized spacial score (nSPS) is 16.3. The lowest BCUT2D eigenvalue weighted by molar-refractivity contribution is -0.139. The molecule has 0 spiro atoms. The first-order valence-electron chi connectivity index (χ1n) is 11.2. The number of ether oxygens (including phenoxy) is 1. The van der Waals surface area contributed by atoms with Gasteiger partial charge in [-0.3, -0.25) is 9.36 Å². The SMILES string of the molecule is CCOC(=O)C1=C(C)N=c2s/c(=C/c3ccc(Cl)cc3)c(=O)n2[C@H]1c1ccc(C(C)(C)C)cc1. The van der Waals surface area contributed by atoms with Crippen LogP contribution in [-0.4, -0.2) is 17.1 Å². The summed E-state index contributed by atoms with van der Waals surface area (Å²) >= 11 is 7.31. The molecule has 1 aliphatic heterocycles. The molecule has 5 nitrogen and oxygen atoms in total. The molecule has 0 amide bonds. The maximum Gasteiger partial charge on any atom is 0.338 e. The Labute approximate surface area is 207 Å². The number of carbonyl (C=O) groups is 1. The van der Waals surface area contributed by atoms with Crippen LogP contribution < -0.4 is 14.9 Å². The third-order valence-electron chi connectivity index (χ3n) is 5.78. The summed E-state index contributed by atoms with van der Waals surface area (Å²) in [5.74, 6) is -0.458. The molecule has 0 unspecified atom stereocenters. The number of allylic oxidation sites excluding steroid dienone is 1. The third-order valence-corrected chi connectivity index (χ3v) is 7.01. The van der Waals surface area contributed by atoms with Gasteiger partial charge in [0.2, 0.25) is 0 Å². The summed E-state index contributed by atoms with van der Waals surface area (Å²) < 4.78 is 7.51. The fraction of sp³-hybridized carbons (Fsp3) is 0.296. The number of nitrogens with zero attached hydrogens (tertiary/aromatic N) is 2. The van der Waals surface area contributed by atoms with Crippen molar-refractivity contribution >= 4 is 35.0 Å². The van der Waals surface area contributed by atoms with Gasteiger partial charge in [0, 0.05) is 5.02 Å². The average molecular weight is 495 g/mol. The topological polar surface area (TPSA) is 60.7 Å². The Balaban J connectivity index is 1.92. The first kappa shape index (κ1) is 24.2. The van der Waals surface area contributed by atoms with Crippen LogP contribution in [0.15, 0.2) is 69.6 Å². The van der Waals surface area contributed by atoms with E-state index in [1.807, 2.05) is 30.3 Å². The van der Waals surface area contributed by atoms with Crippen molar-refractivity contribution in [3.63, 3.8) is 0 Å². The zero-order valence-corrected chi connectivity index (χ0v) is 21.5. The van der Waals surface area contributed by atoms with Crippen LogP contribution in [0.4, 0.5) is 0 Å². The Morgan fingerprint density at radius 1 is 1.15 bits per heavy atom. The van der Waals surface area contributed by atoms with Crippen molar-refractivity contribution in [2.45, 2.75) is 46.1 Å². The molecule has 34 heavy (non-hydrogen) atoms. The predicted molar refractivity (Wildman–Crippen MR) is 137 cm³/mol. The Morgan fingerprint density at radius 3 is 2.38 bits per heavy atom. The summed E-state index contributed by atoms with van der Waals surface area (Å²) in [6.07, 6.45) is 1.82. The molecule has 3 aromatic rings. The van der Waals surface area contributed by atoms with Crippen molar-refractivity contribution in [1.29, 1.82) is 0 Å². The van der Waals surface area contributed by atoms with Gasteiger partial charge in [-0.2, -0.15) is 0 Å². The lowest BCUT2D eigenvalue weighted by atomic mass is 9.85. The van der Waals surface area contributed by atoms with Crippen LogP contribution in [0.3, 0.4) is 0 Å². The molecule has 0 N–H and O–H groups in total. The molecule has 2 aromatic carbocycles. The van der Waals surface area contributed by atoms with Crippen molar-refractivity contribution in [3.8, 4) is 0 Å². The molecule has 1 aromatic heterocycles. The van der Waals surface area contributed by atoms with Crippen LogP contribution >= 0.6 is 22.9 Å². The largest absolute Gasteiger partial charge is 0.463 e. The molecule has 0 saturated heterocycles. The van der Waals surface area contributed by atoms with Crippen LogP contribution in [0, 0.1) is 0 Å². The molecular weight excluding hydrogens is 468 g/mol. The van der Waals surface area contributed by atoms with Gasteiger partial charge in [0.15, 0.2) is 4.80 Å². The number of benzene rings is 2. The molecule has 4 rings (SSSR count). The Kier molecular flexibility index (Phi) is 6.65. The zero-order chi connectivity index (χ0) is 24.6.